The zero-order chi connectivity index (χ0) is 5.98. The smallest absolute Gasteiger partial charge is 0.266 e. The maximum atomic E-state index is 10.2. The molecule has 0 aliphatic rings. The maximum Gasteiger partial charge on any atom is 0.266 e. The Morgan fingerprint density at radius 1 is 1.78 bits per heavy atom. The number of hydrogen-bond donors (Lipinski definition) is 2. The monoisotopic (exact) mass is 319 g/mol. The van der Waals surface area contributed by atoms with Crippen molar-refractivity contribution in [2.75, 3.05) is 0 Å². The van der Waals surface area contributed by atoms with Crippen molar-refractivity contribution in [1.29, 1.82) is 0 Å². The van der Waals surface area contributed by atoms with E-state index in [1.165, 1.54) is 12.3 Å². The van der Waals surface area contributed by atoms with E-state index >= 15 is 0 Å². The standard InChI is InChI=1S/C4H5N3O.Pb/c5-4(8)3-1-2-6-7-3;/h1-2H,(H2,5,8)(H,6,7);. The third-order valence-corrected chi connectivity index (χ3v) is 0.766. The minimum atomic E-state index is -0.484. The molecular formula is C4H5N3OPb. The van der Waals surface area contributed by atoms with Gasteiger partial charge in [0.2, 0.25) is 0 Å². The summed E-state index contributed by atoms with van der Waals surface area (Å²) in [7, 11) is 0. The van der Waals surface area contributed by atoms with Gasteiger partial charge in [-0.2, -0.15) is 5.10 Å². The molecule has 4 nitrogen and oxygen atoms in total. The maximum absolute atomic E-state index is 10.2. The third-order valence-electron chi connectivity index (χ3n) is 0.766. The third kappa shape index (κ3) is 2.12. The van der Waals surface area contributed by atoms with Gasteiger partial charge in [-0.1, -0.05) is 0 Å². The molecule has 0 aliphatic heterocycles. The summed E-state index contributed by atoms with van der Waals surface area (Å²) >= 11 is 0. The Morgan fingerprint density at radius 2 is 2.44 bits per heavy atom. The molecule has 1 rings (SSSR count). The molecule has 0 fully saturated rings. The number of H-pyrrole nitrogens is 1. The largest absolute Gasteiger partial charge is 0.364 e. The number of aromatic nitrogens is 2. The van der Waals surface area contributed by atoms with E-state index < -0.39 is 5.91 Å². The Hall–Kier alpha value is -0.398. The number of amides is 1. The fourth-order valence-corrected chi connectivity index (χ4v) is 0.393. The number of nitrogens with one attached hydrogen (secondary N) is 1. The minimum Gasteiger partial charge on any atom is -0.364 e. The molecule has 0 aliphatic carbocycles. The van der Waals surface area contributed by atoms with E-state index in [1.54, 1.807) is 0 Å². The first-order valence-electron chi connectivity index (χ1n) is 2.10. The zero-order valence-corrected chi connectivity index (χ0v) is 8.47. The van der Waals surface area contributed by atoms with Crippen molar-refractivity contribution < 1.29 is 4.79 Å². The van der Waals surface area contributed by atoms with Crippen molar-refractivity contribution in [3.8, 4) is 0 Å². The molecule has 0 saturated carbocycles. The molecule has 46 valence electrons. The second-order valence-corrected chi connectivity index (χ2v) is 1.33. The van der Waals surface area contributed by atoms with Gasteiger partial charge in [0.15, 0.2) is 0 Å². The molecule has 3 N–H and O–H groups in total. The Morgan fingerprint density at radius 3 is 2.67 bits per heavy atom. The average molecular weight is 318 g/mol. The molecule has 9 heavy (non-hydrogen) atoms. The fourth-order valence-electron chi connectivity index (χ4n) is 0.393. The van der Waals surface area contributed by atoms with Crippen LogP contribution in [0.5, 0.6) is 0 Å². The van der Waals surface area contributed by atoms with E-state index in [1.807, 2.05) is 0 Å². The number of nitrogens with zero attached hydrogens (tertiary/aromatic N) is 1. The molecule has 0 atom stereocenters. The second-order valence-electron chi connectivity index (χ2n) is 1.33. The summed E-state index contributed by atoms with van der Waals surface area (Å²) in [5, 5.41) is 5.93. The predicted molar refractivity (Wildman–Crippen MR) is 32.9 cm³/mol. The van der Waals surface area contributed by atoms with Gasteiger partial charge in [0.1, 0.15) is 5.69 Å². The van der Waals surface area contributed by atoms with Crippen LogP contribution in [0, 0.1) is 0 Å². The molecule has 0 spiro atoms. The van der Waals surface area contributed by atoms with Crippen molar-refractivity contribution >= 4 is 33.2 Å². The van der Waals surface area contributed by atoms with Crippen molar-refractivity contribution in [1.82, 2.24) is 10.2 Å². The van der Waals surface area contributed by atoms with Gasteiger partial charge in [-0.25, -0.2) is 0 Å². The van der Waals surface area contributed by atoms with Crippen molar-refractivity contribution in [2.24, 2.45) is 5.73 Å². The van der Waals surface area contributed by atoms with Crippen LogP contribution in [0.1, 0.15) is 10.5 Å². The normalized spacial score (nSPS) is 8.00. The van der Waals surface area contributed by atoms with Crippen molar-refractivity contribution in [2.45, 2.75) is 0 Å². The number of carbonyl (C=O) groups excluding carboxylic acids is 1. The van der Waals surface area contributed by atoms with E-state index in [2.05, 4.69) is 10.2 Å². The topological polar surface area (TPSA) is 71.8 Å². The summed E-state index contributed by atoms with van der Waals surface area (Å²) in [4.78, 5) is 10.2. The molecule has 1 aromatic rings. The van der Waals surface area contributed by atoms with Crippen LogP contribution in [0.15, 0.2) is 12.3 Å². The Bertz CT molecular complexity index is 184. The molecule has 0 aromatic carbocycles. The summed E-state index contributed by atoms with van der Waals surface area (Å²) < 4.78 is 0. The number of carbonyl (C=O) groups is 1. The van der Waals surface area contributed by atoms with Gasteiger partial charge in [0, 0.05) is 33.5 Å². The summed E-state index contributed by atoms with van der Waals surface area (Å²) in [6.07, 6.45) is 1.47. The minimum absolute atomic E-state index is 0. The number of aromatic amines is 1. The predicted octanol–water partition coefficient (Wildman–Crippen LogP) is -0.872. The quantitative estimate of drug-likeness (QED) is 0.661. The first kappa shape index (κ1) is 8.60. The van der Waals surface area contributed by atoms with E-state index in [0.717, 1.165) is 0 Å². The summed E-state index contributed by atoms with van der Waals surface area (Å²) in [6.45, 7) is 0. The fraction of sp³-hybridized carbons (Fsp3) is 0. The van der Waals surface area contributed by atoms with E-state index in [-0.39, 0.29) is 27.3 Å². The van der Waals surface area contributed by atoms with Crippen LogP contribution < -0.4 is 5.73 Å². The Kier molecular flexibility index (Phi) is 3.43. The Labute approximate surface area is 72.0 Å². The molecule has 4 radical (unpaired) electrons. The van der Waals surface area contributed by atoms with Gasteiger partial charge in [0.05, 0.1) is 0 Å². The molecule has 0 unspecified atom stereocenters. The number of rotatable bonds is 1. The van der Waals surface area contributed by atoms with Gasteiger partial charge in [0.25, 0.3) is 5.91 Å². The number of nitrogens with two attached hydrogens (primary N) is 1. The van der Waals surface area contributed by atoms with Crippen molar-refractivity contribution in [3.63, 3.8) is 0 Å². The SMILES string of the molecule is NC(=O)c1ccn[nH]1.[Pb]. The molecule has 5 heteroatoms. The van der Waals surface area contributed by atoms with Crippen LogP contribution >= 0.6 is 0 Å². The second kappa shape index (κ2) is 3.59. The zero-order valence-electron chi connectivity index (χ0n) is 4.59. The number of hydrogen-bond acceptors (Lipinski definition) is 2. The molecule has 1 heterocycles. The van der Waals surface area contributed by atoms with Gasteiger partial charge < -0.3 is 5.73 Å². The Balaban J connectivity index is 0.000000640. The molecular weight excluding hydrogens is 313 g/mol. The first-order chi connectivity index (χ1) is 3.80. The van der Waals surface area contributed by atoms with E-state index in [4.69, 9.17) is 5.73 Å². The van der Waals surface area contributed by atoms with Gasteiger partial charge in [-0.05, 0) is 6.07 Å². The molecule has 1 aromatic heterocycles. The molecule has 1 amide bonds. The van der Waals surface area contributed by atoms with Gasteiger partial charge >= 0.3 is 0 Å². The summed E-state index contributed by atoms with van der Waals surface area (Å²) in [6, 6.07) is 1.52. The summed E-state index contributed by atoms with van der Waals surface area (Å²) in [5.74, 6) is -0.484. The molecule has 0 saturated heterocycles. The first-order valence-corrected chi connectivity index (χ1v) is 2.10. The van der Waals surface area contributed by atoms with E-state index in [9.17, 15) is 4.79 Å². The van der Waals surface area contributed by atoms with Crippen LogP contribution in [0.3, 0.4) is 0 Å². The summed E-state index contributed by atoms with van der Waals surface area (Å²) in [5.41, 5.74) is 5.19. The van der Waals surface area contributed by atoms with E-state index in [0.29, 0.717) is 5.69 Å². The van der Waals surface area contributed by atoms with Gasteiger partial charge in [-0.3, -0.25) is 9.89 Å². The van der Waals surface area contributed by atoms with Gasteiger partial charge in [-0.15, -0.1) is 0 Å². The van der Waals surface area contributed by atoms with Crippen LogP contribution in [-0.2, 0) is 0 Å². The van der Waals surface area contributed by atoms with Crippen LogP contribution in [-0.4, -0.2) is 43.4 Å². The molecule has 0 bridgehead atoms. The average Bonchev–Trinajstić information content (AvgIpc) is 2.12. The van der Waals surface area contributed by atoms with Crippen LogP contribution in [0.2, 0.25) is 0 Å². The van der Waals surface area contributed by atoms with Crippen molar-refractivity contribution in [3.05, 3.63) is 18.0 Å². The van der Waals surface area contributed by atoms with Crippen LogP contribution in [0.4, 0.5) is 0 Å². The van der Waals surface area contributed by atoms with Crippen LogP contribution in [0.25, 0.3) is 0 Å². The number of primary amides is 1.